The molecule has 1 aliphatic rings. The highest BCUT2D eigenvalue weighted by Gasteiger charge is 2.38. The third kappa shape index (κ3) is 5.26. The Morgan fingerprint density at radius 1 is 1.26 bits per heavy atom. The number of benzene rings is 1. The lowest BCUT2D eigenvalue weighted by Crippen LogP contribution is -2.49. The fourth-order valence-electron chi connectivity index (χ4n) is 3.95. The molecule has 170 valence electrons. The summed E-state index contributed by atoms with van der Waals surface area (Å²) in [6.07, 6.45) is 4.26. The first-order chi connectivity index (χ1) is 14.8. The molecule has 0 spiro atoms. The number of hydrogen-bond acceptors (Lipinski definition) is 6. The van der Waals surface area contributed by atoms with Crippen LogP contribution in [0, 0.1) is 5.92 Å². The number of sulfonamides is 1. The molecule has 2 aromatic rings. The smallest absolute Gasteiger partial charge is 0.247 e. The molecule has 0 aliphatic carbocycles. The zero-order valence-electron chi connectivity index (χ0n) is 18.7. The van der Waals surface area contributed by atoms with Crippen LogP contribution in [0.1, 0.15) is 27.2 Å². The van der Waals surface area contributed by atoms with Crippen LogP contribution >= 0.6 is 0 Å². The number of ether oxygens (including phenoxy) is 1. The van der Waals surface area contributed by atoms with Crippen LogP contribution in [0.4, 0.5) is 0 Å². The molecule has 0 saturated heterocycles. The van der Waals surface area contributed by atoms with Crippen LogP contribution in [0.15, 0.2) is 47.6 Å². The van der Waals surface area contributed by atoms with Crippen molar-refractivity contribution in [3.8, 4) is 16.9 Å². The van der Waals surface area contributed by atoms with Gasteiger partial charge in [0.15, 0.2) is 0 Å². The van der Waals surface area contributed by atoms with Crippen molar-refractivity contribution in [1.29, 1.82) is 0 Å². The van der Waals surface area contributed by atoms with Crippen LogP contribution in [0.2, 0.25) is 0 Å². The van der Waals surface area contributed by atoms with Crippen molar-refractivity contribution in [1.82, 2.24) is 14.2 Å². The molecule has 0 unspecified atom stereocenters. The molecular weight excluding hydrogens is 414 g/mol. The number of likely N-dealkylation sites (N-methyl/N-ethyl adjacent to an activating group) is 1. The lowest BCUT2D eigenvalue weighted by atomic mass is 10.0. The van der Waals surface area contributed by atoms with E-state index in [-0.39, 0.29) is 23.5 Å². The van der Waals surface area contributed by atoms with Gasteiger partial charge < -0.3 is 14.7 Å². The second-order valence-corrected chi connectivity index (χ2v) is 10.3. The second kappa shape index (κ2) is 10.1. The molecule has 3 atom stereocenters. The normalized spacial score (nSPS) is 22.3. The van der Waals surface area contributed by atoms with Crippen molar-refractivity contribution in [2.75, 3.05) is 33.3 Å². The van der Waals surface area contributed by atoms with Crippen molar-refractivity contribution in [2.45, 2.75) is 44.2 Å². The van der Waals surface area contributed by atoms with Gasteiger partial charge in [-0.05, 0) is 62.3 Å². The Bertz CT molecular complexity index is 968. The molecule has 0 saturated carbocycles. The summed E-state index contributed by atoms with van der Waals surface area (Å²) in [6, 6.07) is 8.45. The SMILES string of the molecule is CCCN(C)C[C@@H]1Oc2cc(-c3ccncc3)ccc2S(=O)(=O)N([C@@H](C)CO)C[C@@H]1C. The zero-order chi connectivity index (χ0) is 22.6. The summed E-state index contributed by atoms with van der Waals surface area (Å²) >= 11 is 0. The van der Waals surface area contributed by atoms with Gasteiger partial charge >= 0.3 is 0 Å². The molecule has 31 heavy (non-hydrogen) atoms. The Labute approximate surface area is 185 Å². The van der Waals surface area contributed by atoms with Crippen LogP contribution in [0.3, 0.4) is 0 Å². The van der Waals surface area contributed by atoms with Crippen molar-refractivity contribution in [3.05, 3.63) is 42.7 Å². The average molecular weight is 448 g/mol. The van der Waals surface area contributed by atoms with Gasteiger partial charge in [0.25, 0.3) is 0 Å². The summed E-state index contributed by atoms with van der Waals surface area (Å²) in [5.41, 5.74) is 1.81. The van der Waals surface area contributed by atoms with Crippen LogP contribution in [-0.4, -0.2) is 73.1 Å². The standard InChI is InChI=1S/C23H33N3O4S/c1-5-12-25(4)15-22-17(2)14-26(18(3)16-27)31(28,29)23-7-6-20(13-21(23)30-22)19-8-10-24-11-9-19/h6-11,13,17-18,22,27H,5,12,14-16H2,1-4H3/t17-,18-,22-/m0/s1. The maximum Gasteiger partial charge on any atom is 0.247 e. The first-order valence-electron chi connectivity index (χ1n) is 10.8. The van der Waals surface area contributed by atoms with Crippen molar-refractivity contribution < 1.29 is 18.3 Å². The number of pyridine rings is 1. The quantitative estimate of drug-likeness (QED) is 0.703. The van der Waals surface area contributed by atoms with Crippen LogP contribution < -0.4 is 4.74 Å². The van der Waals surface area contributed by atoms with Crippen LogP contribution in [-0.2, 0) is 10.0 Å². The minimum absolute atomic E-state index is 0.0548. The van der Waals surface area contributed by atoms with E-state index in [4.69, 9.17) is 4.74 Å². The topological polar surface area (TPSA) is 83.0 Å². The summed E-state index contributed by atoms with van der Waals surface area (Å²) in [6.45, 7) is 7.55. The van der Waals surface area contributed by atoms with Gasteiger partial charge in [-0.15, -0.1) is 0 Å². The van der Waals surface area contributed by atoms with E-state index in [9.17, 15) is 13.5 Å². The van der Waals surface area contributed by atoms with Gasteiger partial charge in [0.1, 0.15) is 16.7 Å². The molecule has 7 nitrogen and oxygen atoms in total. The fraction of sp³-hybridized carbons (Fsp3) is 0.522. The molecule has 0 radical (unpaired) electrons. The fourth-order valence-corrected chi connectivity index (χ4v) is 5.77. The molecule has 0 amide bonds. The zero-order valence-corrected chi connectivity index (χ0v) is 19.5. The minimum Gasteiger partial charge on any atom is -0.487 e. The van der Waals surface area contributed by atoms with Gasteiger partial charge in [0, 0.05) is 37.4 Å². The Morgan fingerprint density at radius 3 is 2.61 bits per heavy atom. The number of rotatable bonds is 7. The van der Waals surface area contributed by atoms with E-state index in [1.807, 2.05) is 19.1 Å². The number of aromatic nitrogens is 1. The maximum absolute atomic E-state index is 13.5. The summed E-state index contributed by atoms with van der Waals surface area (Å²) in [7, 11) is -1.77. The van der Waals surface area contributed by atoms with E-state index in [0.29, 0.717) is 18.8 Å². The van der Waals surface area contributed by atoms with E-state index in [2.05, 4.69) is 23.9 Å². The van der Waals surface area contributed by atoms with Gasteiger partial charge in [-0.2, -0.15) is 4.31 Å². The predicted molar refractivity (Wildman–Crippen MR) is 121 cm³/mol. The Hall–Kier alpha value is -2.00. The summed E-state index contributed by atoms with van der Waals surface area (Å²) in [4.78, 5) is 6.41. The van der Waals surface area contributed by atoms with Gasteiger partial charge in [0.2, 0.25) is 10.0 Å². The van der Waals surface area contributed by atoms with E-state index in [0.717, 1.165) is 24.1 Å². The molecule has 1 aromatic carbocycles. The molecule has 0 bridgehead atoms. The van der Waals surface area contributed by atoms with Gasteiger partial charge in [-0.3, -0.25) is 4.98 Å². The van der Waals surface area contributed by atoms with Gasteiger partial charge in [-0.25, -0.2) is 8.42 Å². The second-order valence-electron chi connectivity index (χ2n) is 8.40. The lowest BCUT2D eigenvalue weighted by molar-refractivity contribution is 0.0753. The number of nitrogens with zero attached hydrogens (tertiary/aromatic N) is 3. The van der Waals surface area contributed by atoms with Crippen LogP contribution in [0.5, 0.6) is 5.75 Å². The van der Waals surface area contributed by atoms with E-state index in [1.54, 1.807) is 37.5 Å². The van der Waals surface area contributed by atoms with E-state index in [1.165, 1.54) is 4.31 Å². The van der Waals surface area contributed by atoms with Gasteiger partial charge in [0.05, 0.1) is 6.61 Å². The number of aliphatic hydroxyl groups excluding tert-OH is 1. The van der Waals surface area contributed by atoms with Crippen molar-refractivity contribution in [2.24, 2.45) is 5.92 Å². The van der Waals surface area contributed by atoms with Gasteiger partial charge in [-0.1, -0.05) is 19.9 Å². The monoisotopic (exact) mass is 447 g/mol. The minimum atomic E-state index is -3.83. The first-order valence-corrected chi connectivity index (χ1v) is 12.2. The molecular formula is C23H33N3O4S. The highest BCUT2D eigenvalue weighted by molar-refractivity contribution is 7.89. The molecule has 8 heteroatoms. The van der Waals surface area contributed by atoms with E-state index < -0.39 is 16.1 Å². The van der Waals surface area contributed by atoms with Crippen molar-refractivity contribution >= 4 is 10.0 Å². The van der Waals surface area contributed by atoms with Crippen molar-refractivity contribution in [3.63, 3.8) is 0 Å². The molecule has 1 aromatic heterocycles. The molecule has 2 heterocycles. The molecule has 1 N–H and O–H groups in total. The van der Waals surface area contributed by atoms with Crippen LogP contribution in [0.25, 0.3) is 11.1 Å². The predicted octanol–water partition coefficient (Wildman–Crippen LogP) is 2.86. The molecule has 0 fully saturated rings. The highest BCUT2D eigenvalue weighted by Crippen LogP contribution is 2.36. The Kier molecular flexibility index (Phi) is 7.69. The molecule has 3 rings (SSSR count). The largest absolute Gasteiger partial charge is 0.487 e. The number of aliphatic hydroxyl groups is 1. The third-order valence-corrected chi connectivity index (χ3v) is 7.80. The maximum atomic E-state index is 13.5. The summed E-state index contributed by atoms with van der Waals surface area (Å²) in [5, 5.41) is 9.74. The highest BCUT2D eigenvalue weighted by atomic mass is 32.2. The summed E-state index contributed by atoms with van der Waals surface area (Å²) < 4.78 is 34.8. The Morgan fingerprint density at radius 2 is 1.97 bits per heavy atom. The molecule has 1 aliphatic heterocycles. The number of hydrogen-bond donors (Lipinski definition) is 1. The Balaban J connectivity index is 2.10. The summed E-state index contributed by atoms with van der Waals surface area (Å²) in [5.74, 6) is 0.298. The lowest BCUT2D eigenvalue weighted by Gasteiger charge is -2.37. The first kappa shape index (κ1) is 23.7. The average Bonchev–Trinajstić information content (AvgIpc) is 2.76. The number of fused-ring (bicyclic) bond motifs is 1. The van der Waals surface area contributed by atoms with E-state index >= 15 is 0 Å². The third-order valence-electron chi connectivity index (χ3n) is 5.78.